The highest BCUT2D eigenvalue weighted by molar-refractivity contribution is 5.97. The number of ether oxygens (including phenoxy) is 6. The molecule has 0 radical (unpaired) electrons. The lowest BCUT2D eigenvalue weighted by molar-refractivity contribution is -0.151. The van der Waals surface area contributed by atoms with Gasteiger partial charge in [0.1, 0.15) is 70.7 Å². The van der Waals surface area contributed by atoms with Crippen LogP contribution < -0.4 is 21.3 Å². The molecule has 138 heavy (non-hydrogen) atoms. The Kier molecular flexibility index (Phi) is 38.4. The van der Waals surface area contributed by atoms with Gasteiger partial charge in [-0.05, 0) is 148 Å². The zero-order chi connectivity index (χ0) is 101. The van der Waals surface area contributed by atoms with E-state index in [-0.39, 0.29) is 152 Å². The molecule has 8 aromatic carbocycles. The number of aliphatic hydroxyl groups excluding tert-OH is 2. The molecule has 4 heterocycles. The molecule has 0 aromatic heterocycles. The molecule has 4 aliphatic rings. The lowest BCUT2D eigenvalue weighted by Crippen LogP contribution is -2.64. The molecule has 8 atom stereocenters. The van der Waals surface area contributed by atoms with Crippen LogP contribution in [0, 0.1) is 0 Å². The van der Waals surface area contributed by atoms with Crippen LogP contribution in [0.4, 0.5) is 19.2 Å². The van der Waals surface area contributed by atoms with Gasteiger partial charge >= 0.3 is 36.3 Å². The Balaban J connectivity index is 0.000000206. The zero-order valence-corrected chi connectivity index (χ0v) is 82.6. The van der Waals surface area contributed by atoms with Crippen molar-refractivity contribution in [2.45, 2.75) is 219 Å². The van der Waals surface area contributed by atoms with E-state index in [9.17, 15) is 77.3 Å². The van der Waals surface area contributed by atoms with E-state index in [4.69, 9.17) is 28.4 Å². The Morgan fingerprint density at radius 3 is 0.681 bits per heavy atom. The van der Waals surface area contributed by atoms with Crippen molar-refractivity contribution in [2.75, 3.05) is 107 Å². The number of benzene rings is 8. The normalized spacial score (nSPS) is 17.4. The Bertz CT molecular complexity index is 5310. The van der Waals surface area contributed by atoms with Crippen molar-refractivity contribution in [3.63, 3.8) is 0 Å². The Morgan fingerprint density at radius 2 is 0.500 bits per heavy atom. The van der Waals surface area contributed by atoms with Gasteiger partial charge in [0.05, 0.1) is 13.2 Å². The van der Waals surface area contributed by atoms with Crippen molar-refractivity contribution in [1.29, 1.82) is 0 Å². The molecular formula is C104H136N12O22. The predicted octanol–water partition coefficient (Wildman–Crippen LogP) is 10.5. The number of hydrogen-bond acceptors (Lipinski definition) is 22. The van der Waals surface area contributed by atoms with Crippen LogP contribution in [-0.4, -0.2) is 311 Å². The van der Waals surface area contributed by atoms with Crippen molar-refractivity contribution in [1.82, 2.24) is 60.5 Å². The van der Waals surface area contributed by atoms with E-state index >= 15 is 0 Å². The molecule has 4 aliphatic heterocycles. The molecule has 6 N–H and O–H groups in total. The number of likely N-dealkylation sites (N-methyl/N-ethyl adjacent to an activating group) is 4. The highest BCUT2D eigenvalue weighted by Gasteiger charge is 2.49. The Labute approximate surface area is 806 Å². The molecule has 0 bridgehead atoms. The summed E-state index contributed by atoms with van der Waals surface area (Å²) in [5, 5.41) is 38.4. The van der Waals surface area contributed by atoms with Crippen LogP contribution >= 0.6 is 0 Å². The number of esters is 2. The molecule has 0 spiro atoms. The number of piperazine rings is 4. The van der Waals surface area contributed by atoms with Crippen LogP contribution in [0.5, 0.6) is 0 Å². The quantitative estimate of drug-likeness (QED) is 0.0217. The molecule has 34 heteroatoms. The van der Waals surface area contributed by atoms with Gasteiger partial charge in [0.25, 0.3) is 0 Å². The number of hydrogen-bond donors (Lipinski definition) is 6. The summed E-state index contributed by atoms with van der Waals surface area (Å²) >= 11 is 0. The van der Waals surface area contributed by atoms with E-state index in [1.807, 2.05) is 170 Å². The maximum Gasteiger partial charge on any atom is 0.411 e. The first-order chi connectivity index (χ1) is 65.3. The molecule has 12 rings (SSSR count). The minimum atomic E-state index is -0.920. The molecule has 34 nitrogen and oxygen atoms in total. The van der Waals surface area contributed by atoms with Gasteiger partial charge in [-0.25, -0.2) is 19.2 Å². The average Bonchev–Trinajstić information content (AvgIpc) is 0.794. The van der Waals surface area contributed by atoms with E-state index in [1.54, 1.807) is 97.2 Å². The van der Waals surface area contributed by atoms with Crippen molar-refractivity contribution in [2.24, 2.45) is 0 Å². The number of nitrogens with one attached hydrogen (secondary N) is 4. The number of fused-ring (bicyclic) bond motifs is 4. The minimum absolute atomic E-state index is 0.0335. The summed E-state index contributed by atoms with van der Waals surface area (Å²) in [6, 6.07) is 49.1. The molecule has 0 saturated carbocycles. The fraction of sp³-hybridized carbons (Fsp3) is 0.481. The lowest BCUT2D eigenvalue weighted by Gasteiger charge is -2.43. The van der Waals surface area contributed by atoms with Gasteiger partial charge in [-0.3, -0.25) is 67.5 Å². The summed E-state index contributed by atoms with van der Waals surface area (Å²) in [5.41, 5.74) is 0.814. The van der Waals surface area contributed by atoms with Gasteiger partial charge in [0.15, 0.2) is 0 Å². The van der Waals surface area contributed by atoms with E-state index < -0.39 is 107 Å². The third kappa shape index (κ3) is 30.3. The standard InChI is InChI=1S/2C27H35N3O6.2C25H33N3O5/c2*1-18(31)35-15-12-22-25(33)29(13-14-30(22)26(34)36-27(2,3)4)23(24(32)28-5)17-19-10-11-20-8-6-7-9-21(20)16-19;2*1-25(2,3)33-24(32)28-13-12-27(23(31)20(28)11-14-29)21(22(30)26-4)16-17-9-10-18-7-5-6-8-19(18)15-17/h2*6-11,16,22-23H,12-15,17H2,1-5H3,(H,28,32);2*5-10,15,20-21,29H,11-14,16H2,1-4H3,(H,26,30). The summed E-state index contributed by atoms with van der Waals surface area (Å²) in [6.07, 6.45) is -0.754. The third-order valence-corrected chi connectivity index (χ3v) is 23.5. The molecule has 12 amide bonds. The number of carbonyl (C=O) groups is 14. The first-order valence-corrected chi connectivity index (χ1v) is 46.7. The Morgan fingerprint density at radius 1 is 0.304 bits per heavy atom. The monoisotopic (exact) mass is 1900 g/mol. The van der Waals surface area contributed by atoms with Crippen molar-refractivity contribution in [3.8, 4) is 0 Å². The maximum atomic E-state index is 13.7. The van der Waals surface area contributed by atoms with E-state index in [0.717, 1.165) is 65.3 Å². The van der Waals surface area contributed by atoms with E-state index in [2.05, 4.69) is 21.3 Å². The van der Waals surface area contributed by atoms with Gasteiger partial charge in [0, 0.05) is 159 Å². The summed E-state index contributed by atoms with van der Waals surface area (Å²) in [4.78, 5) is 191. The van der Waals surface area contributed by atoms with Crippen molar-refractivity contribution >= 4 is 127 Å². The third-order valence-electron chi connectivity index (χ3n) is 23.5. The summed E-state index contributed by atoms with van der Waals surface area (Å²) in [5.74, 6) is -3.57. The van der Waals surface area contributed by atoms with Crippen LogP contribution in [0.25, 0.3) is 43.1 Å². The van der Waals surface area contributed by atoms with Gasteiger partial charge in [0.2, 0.25) is 47.3 Å². The lowest BCUT2D eigenvalue weighted by atomic mass is 9.98. The molecule has 0 aliphatic carbocycles. The summed E-state index contributed by atoms with van der Waals surface area (Å²) < 4.78 is 32.1. The predicted molar refractivity (Wildman–Crippen MR) is 522 cm³/mol. The van der Waals surface area contributed by atoms with Crippen LogP contribution in [-0.2, 0) is 102 Å². The maximum absolute atomic E-state index is 13.7. The van der Waals surface area contributed by atoms with E-state index in [0.29, 0.717) is 25.7 Å². The number of aliphatic hydroxyl groups is 2. The fourth-order valence-corrected chi connectivity index (χ4v) is 17.0. The van der Waals surface area contributed by atoms with Crippen LogP contribution in [0.1, 0.15) is 145 Å². The van der Waals surface area contributed by atoms with Gasteiger partial charge in [-0.15, -0.1) is 0 Å². The Hall–Kier alpha value is -13.5. The topological polar surface area (TPSA) is 409 Å². The molecular weight excluding hydrogens is 1770 g/mol. The van der Waals surface area contributed by atoms with Crippen LogP contribution in [0.15, 0.2) is 170 Å². The van der Waals surface area contributed by atoms with Crippen LogP contribution in [0.2, 0.25) is 0 Å². The molecule has 4 fully saturated rings. The highest BCUT2D eigenvalue weighted by Crippen LogP contribution is 2.32. The van der Waals surface area contributed by atoms with Crippen molar-refractivity contribution < 1.29 is 106 Å². The van der Waals surface area contributed by atoms with Gasteiger partial charge in [-0.1, -0.05) is 170 Å². The first kappa shape index (κ1) is 108. The first-order valence-electron chi connectivity index (χ1n) is 46.7. The SMILES string of the molecule is CNC(=O)C(Cc1ccc2ccccc2c1)N1CCN(C(=O)OC(C)(C)C)C(CCO)C1=O.CNC(=O)C(Cc1ccc2ccccc2c1)N1CCN(C(=O)OC(C)(C)C)C(CCO)C1=O.CNC(=O)C(Cc1ccc2ccccc2c1)N1CCN(C(=O)OC(C)(C)C)C(CCOC(C)=O)C1=O.CNC(=O)C(Cc1ccc2ccccc2c1)N1CCN(C(=O)OC(C)(C)C)C(CCOC(C)=O)C1=O. The second kappa shape index (κ2) is 49.0. The largest absolute Gasteiger partial charge is 0.466 e. The number of amides is 12. The highest BCUT2D eigenvalue weighted by atomic mass is 16.6. The number of rotatable bonds is 26. The van der Waals surface area contributed by atoms with Gasteiger partial charge in [-0.2, -0.15) is 0 Å². The fourth-order valence-electron chi connectivity index (χ4n) is 17.0. The van der Waals surface area contributed by atoms with E-state index in [1.165, 1.54) is 67.1 Å². The van der Waals surface area contributed by atoms with Gasteiger partial charge < -0.3 is 79.5 Å². The second-order valence-corrected chi connectivity index (χ2v) is 38.2. The average molecular weight is 1910 g/mol. The number of nitrogens with zero attached hydrogens (tertiary/aromatic N) is 8. The minimum Gasteiger partial charge on any atom is -0.466 e. The molecule has 744 valence electrons. The number of carbonyl (C=O) groups excluding carboxylic acids is 14. The molecule has 8 unspecified atom stereocenters. The molecule has 8 aromatic rings. The summed E-state index contributed by atoms with van der Waals surface area (Å²) in [6.45, 7) is 24.6. The van der Waals surface area contributed by atoms with Crippen LogP contribution in [0.3, 0.4) is 0 Å². The second-order valence-electron chi connectivity index (χ2n) is 38.2. The van der Waals surface area contributed by atoms with Crippen molar-refractivity contribution in [3.05, 3.63) is 192 Å². The smallest absolute Gasteiger partial charge is 0.411 e. The molecule has 4 saturated heterocycles. The zero-order valence-electron chi connectivity index (χ0n) is 82.6. The summed E-state index contributed by atoms with van der Waals surface area (Å²) in [7, 11) is 6.16.